The minimum Gasteiger partial charge on any atom is -0.457 e. The minimum absolute atomic E-state index is 0.208. The number of nitrogens with one attached hydrogen (secondary N) is 1. The smallest absolute Gasteiger partial charge is 0.338 e. The highest BCUT2D eigenvalue weighted by molar-refractivity contribution is 5.94. The van der Waals surface area contributed by atoms with Gasteiger partial charge in [-0.3, -0.25) is 4.90 Å². The lowest BCUT2D eigenvalue weighted by molar-refractivity contribution is 0.0535. The highest BCUT2D eigenvalue weighted by Crippen LogP contribution is 2.31. The van der Waals surface area contributed by atoms with Gasteiger partial charge >= 0.3 is 5.97 Å². The van der Waals surface area contributed by atoms with E-state index < -0.39 is 0 Å². The number of esters is 1. The first-order valence-electron chi connectivity index (χ1n) is 10.9. The molecule has 0 amide bonds. The summed E-state index contributed by atoms with van der Waals surface area (Å²) in [5.41, 5.74) is 7.61. The zero-order valence-corrected chi connectivity index (χ0v) is 18.3. The lowest BCUT2D eigenvalue weighted by atomic mass is 9.92. The molecule has 160 valence electrons. The Morgan fingerprint density at radius 1 is 1.13 bits per heavy atom. The maximum Gasteiger partial charge on any atom is 0.338 e. The quantitative estimate of drug-likeness (QED) is 0.658. The van der Waals surface area contributed by atoms with E-state index in [1.807, 2.05) is 12.4 Å². The second-order valence-electron chi connectivity index (χ2n) is 8.80. The molecule has 0 saturated carbocycles. The van der Waals surface area contributed by atoms with Gasteiger partial charge in [0, 0.05) is 49.2 Å². The lowest BCUT2D eigenvalue weighted by Crippen LogP contribution is -2.50. The normalized spacial score (nSPS) is 21.2. The summed E-state index contributed by atoms with van der Waals surface area (Å²) in [6.45, 7) is 9.49. The molecule has 6 heteroatoms. The fraction of sp³-hybridized carbons (Fsp3) is 0.360. The third-order valence-corrected chi connectivity index (χ3v) is 6.40. The van der Waals surface area contributed by atoms with E-state index in [2.05, 4.69) is 77.1 Å². The highest BCUT2D eigenvalue weighted by atomic mass is 16.5. The van der Waals surface area contributed by atoms with Crippen LogP contribution in [-0.2, 0) is 17.9 Å². The van der Waals surface area contributed by atoms with Crippen molar-refractivity contribution in [3.8, 4) is 5.69 Å². The molecule has 1 saturated heterocycles. The molecule has 3 aromatic rings. The van der Waals surface area contributed by atoms with Gasteiger partial charge in [-0.15, -0.1) is 0 Å². The van der Waals surface area contributed by atoms with E-state index in [0.29, 0.717) is 18.2 Å². The number of rotatable bonds is 4. The number of nitrogens with zero attached hydrogens (tertiary/aromatic N) is 3. The molecule has 2 aliphatic rings. The maximum absolute atomic E-state index is 11.9. The van der Waals surface area contributed by atoms with Crippen LogP contribution in [0, 0.1) is 13.8 Å². The van der Waals surface area contributed by atoms with Gasteiger partial charge in [0.05, 0.1) is 17.6 Å². The van der Waals surface area contributed by atoms with Crippen molar-refractivity contribution in [1.82, 2.24) is 19.8 Å². The van der Waals surface area contributed by atoms with Gasteiger partial charge in [0.15, 0.2) is 0 Å². The first-order chi connectivity index (χ1) is 15.0. The molecule has 31 heavy (non-hydrogen) atoms. The molecule has 0 spiro atoms. The molecule has 0 radical (unpaired) electrons. The SMILES string of the molecule is Cc1ccc(-n2cnc(CN3C[C@@H](c4ccc5c(c4C)COC5=O)N[C@@H](C)C3)c2)cc1. The van der Waals surface area contributed by atoms with Crippen LogP contribution in [0.5, 0.6) is 0 Å². The van der Waals surface area contributed by atoms with Crippen LogP contribution in [0.15, 0.2) is 48.9 Å². The molecular formula is C25H28N4O2. The number of fused-ring (bicyclic) bond motifs is 1. The Morgan fingerprint density at radius 2 is 1.94 bits per heavy atom. The van der Waals surface area contributed by atoms with Crippen molar-refractivity contribution in [2.75, 3.05) is 13.1 Å². The summed E-state index contributed by atoms with van der Waals surface area (Å²) in [6, 6.07) is 13.1. The van der Waals surface area contributed by atoms with Crippen LogP contribution in [-0.4, -0.2) is 39.6 Å². The van der Waals surface area contributed by atoms with Gasteiger partial charge in [0.2, 0.25) is 0 Å². The molecule has 2 atom stereocenters. The van der Waals surface area contributed by atoms with Crippen molar-refractivity contribution in [2.24, 2.45) is 0 Å². The first kappa shape index (κ1) is 20.0. The molecule has 5 rings (SSSR count). The summed E-state index contributed by atoms with van der Waals surface area (Å²) >= 11 is 0. The van der Waals surface area contributed by atoms with E-state index in [4.69, 9.17) is 4.74 Å². The molecule has 0 bridgehead atoms. The number of aryl methyl sites for hydroxylation is 1. The molecule has 0 aliphatic carbocycles. The highest BCUT2D eigenvalue weighted by Gasteiger charge is 2.30. The van der Waals surface area contributed by atoms with Crippen LogP contribution in [0.25, 0.3) is 5.69 Å². The summed E-state index contributed by atoms with van der Waals surface area (Å²) in [6.07, 6.45) is 4.01. The Labute approximate surface area is 182 Å². The van der Waals surface area contributed by atoms with Crippen LogP contribution in [0.2, 0.25) is 0 Å². The first-order valence-corrected chi connectivity index (χ1v) is 10.9. The Bertz CT molecular complexity index is 1120. The standard InChI is InChI=1S/C25H28N4O2/c1-16-4-6-20(7-5-16)29-12-19(26-15-29)11-28-10-17(2)27-24(13-28)21-8-9-22-23(18(21)3)14-31-25(22)30/h4-9,12,15,17,24,27H,10-11,13-14H2,1-3H3/t17-,24-/m0/s1. The molecule has 1 N–H and O–H groups in total. The minimum atomic E-state index is -0.208. The largest absolute Gasteiger partial charge is 0.457 e. The van der Waals surface area contributed by atoms with Crippen LogP contribution >= 0.6 is 0 Å². The van der Waals surface area contributed by atoms with E-state index in [1.54, 1.807) is 0 Å². The Morgan fingerprint density at radius 3 is 2.74 bits per heavy atom. The van der Waals surface area contributed by atoms with Gasteiger partial charge in [-0.2, -0.15) is 0 Å². The molecular weight excluding hydrogens is 388 g/mol. The zero-order chi connectivity index (χ0) is 21.5. The second-order valence-corrected chi connectivity index (χ2v) is 8.80. The van der Waals surface area contributed by atoms with Crippen LogP contribution in [0.4, 0.5) is 0 Å². The van der Waals surface area contributed by atoms with E-state index in [1.165, 1.54) is 16.7 Å². The van der Waals surface area contributed by atoms with Crippen molar-refractivity contribution >= 4 is 5.97 Å². The Kier molecular flexibility index (Phi) is 5.12. The number of imidazole rings is 1. The molecule has 2 aromatic carbocycles. The average Bonchev–Trinajstić information content (AvgIpc) is 3.36. The number of hydrogen-bond donors (Lipinski definition) is 1. The van der Waals surface area contributed by atoms with Crippen molar-refractivity contribution in [2.45, 2.75) is 46.0 Å². The fourth-order valence-electron chi connectivity index (χ4n) is 4.76. The van der Waals surface area contributed by atoms with Crippen molar-refractivity contribution in [1.29, 1.82) is 0 Å². The number of benzene rings is 2. The van der Waals surface area contributed by atoms with Crippen LogP contribution < -0.4 is 5.32 Å². The molecule has 3 heterocycles. The van der Waals surface area contributed by atoms with Crippen molar-refractivity contribution < 1.29 is 9.53 Å². The predicted molar refractivity (Wildman–Crippen MR) is 119 cm³/mol. The van der Waals surface area contributed by atoms with Gasteiger partial charge in [-0.1, -0.05) is 23.8 Å². The molecule has 0 unspecified atom stereocenters. The number of carbonyl (C=O) groups is 1. The van der Waals surface area contributed by atoms with E-state index in [9.17, 15) is 4.79 Å². The van der Waals surface area contributed by atoms with Crippen LogP contribution in [0.3, 0.4) is 0 Å². The fourth-order valence-corrected chi connectivity index (χ4v) is 4.76. The third kappa shape index (κ3) is 3.89. The number of carbonyl (C=O) groups excluding carboxylic acids is 1. The van der Waals surface area contributed by atoms with Gasteiger partial charge in [-0.05, 0) is 50.1 Å². The van der Waals surface area contributed by atoms with Gasteiger partial charge < -0.3 is 14.6 Å². The summed E-state index contributed by atoms with van der Waals surface area (Å²) < 4.78 is 7.32. The van der Waals surface area contributed by atoms with Crippen molar-refractivity contribution in [3.05, 3.63) is 82.4 Å². The van der Waals surface area contributed by atoms with Crippen molar-refractivity contribution in [3.63, 3.8) is 0 Å². The predicted octanol–water partition coefficient (Wildman–Crippen LogP) is 3.69. The average molecular weight is 417 g/mol. The zero-order valence-electron chi connectivity index (χ0n) is 18.3. The van der Waals surface area contributed by atoms with Gasteiger partial charge in [0.25, 0.3) is 0 Å². The topological polar surface area (TPSA) is 59.4 Å². The molecule has 6 nitrogen and oxygen atoms in total. The number of ether oxygens (including phenoxy) is 1. The summed E-state index contributed by atoms with van der Waals surface area (Å²) in [5, 5.41) is 3.73. The third-order valence-electron chi connectivity index (χ3n) is 6.40. The van der Waals surface area contributed by atoms with E-state index in [0.717, 1.165) is 36.6 Å². The van der Waals surface area contributed by atoms with Gasteiger partial charge in [0.1, 0.15) is 6.61 Å². The number of hydrogen-bond acceptors (Lipinski definition) is 5. The molecule has 1 aromatic heterocycles. The monoisotopic (exact) mass is 416 g/mol. The summed E-state index contributed by atoms with van der Waals surface area (Å²) in [5.74, 6) is -0.208. The molecule has 1 fully saturated rings. The Balaban J connectivity index is 1.33. The second kappa shape index (κ2) is 7.94. The lowest BCUT2D eigenvalue weighted by Gasteiger charge is -2.38. The number of piperazine rings is 1. The number of aromatic nitrogens is 2. The Hall–Kier alpha value is -2.96. The maximum atomic E-state index is 11.9. The molecule has 2 aliphatic heterocycles. The van der Waals surface area contributed by atoms with E-state index in [-0.39, 0.29) is 12.0 Å². The number of cyclic esters (lactones) is 1. The summed E-state index contributed by atoms with van der Waals surface area (Å²) in [4.78, 5) is 19.0. The van der Waals surface area contributed by atoms with E-state index >= 15 is 0 Å². The van der Waals surface area contributed by atoms with Gasteiger partial charge in [-0.25, -0.2) is 9.78 Å². The summed E-state index contributed by atoms with van der Waals surface area (Å²) in [7, 11) is 0. The van der Waals surface area contributed by atoms with Crippen LogP contribution in [0.1, 0.15) is 51.3 Å².